The summed E-state index contributed by atoms with van der Waals surface area (Å²) in [6.45, 7) is 0.314. The highest BCUT2D eigenvalue weighted by Gasteiger charge is 2.23. The zero-order valence-electron chi connectivity index (χ0n) is 18.5. The van der Waals surface area contributed by atoms with Gasteiger partial charge in [0.2, 0.25) is 11.8 Å². The molecule has 3 rings (SSSR count). The minimum atomic E-state index is -0.848. The van der Waals surface area contributed by atoms with E-state index in [1.807, 2.05) is 54.6 Å². The standard InChI is InChI=1S/C25H27N3O5S/c29-22-14-19-10-5-4-9-18(19)13-20(22)24(31)27-21(16-34-12-6-11-23(30)28-33)25(32)26-15-17-7-2-1-3-8-17/h1-5,7-10,13-14,21,29,33H,6,11-12,15-16H2,(H,26,32)(H,27,31)(H,28,30)/t21-/m0/s1. The molecule has 0 saturated carbocycles. The second-order valence-corrected chi connectivity index (χ2v) is 8.81. The van der Waals surface area contributed by atoms with E-state index in [1.54, 1.807) is 11.5 Å². The zero-order valence-corrected chi connectivity index (χ0v) is 19.3. The first-order valence-electron chi connectivity index (χ1n) is 10.8. The summed E-state index contributed by atoms with van der Waals surface area (Å²) >= 11 is 1.41. The molecular formula is C25H27N3O5S. The number of fused-ring (bicyclic) bond motifs is 1. The Labute approximate surface area is 201 Å². The molecule has 0 unspecified atom stereocenters. The predicted molar refractivity (Wildman–Crippen MR) is 132 cm³/mol. The van der Waals surface area contributed by atoms with Crippen molar-refractivity contribution >= 4 is 40.3 Å². The van der Waals surface area contributed by atoms with E-state index < -0.39 is 17.9 Å². The van der Waals surface area contributed by atoms with E-state index in [1.165, 1.54) is 17.8 Å². The number of carbonyl (C=O) groups excluding carboxylic acids is 3. The van der Waals surface area contributed by atoms with Crippen molar-refractivity contribution in [1.82, 2.24) is 16.1 Å². The van der Waals surface area contributed by atoms with Gasteiger partial charge in [-0.25, -0.2) is 5.48 Å². The van der Waals surface area contributed by atoms with Crippen LogP contribution in [-0.4, -0.2) is 45.6 Å². The number of hydroxylamine groups is 1. The van der Waals surface area contributed by atoms with Crippen molar-refractivity contribution in [3.63, 3.8) is 0 Å². The second-order valence-electron chi connectivity index (χ2n) is 7.66. The number of aromatic hydroxyl groups is 1. The third kappa shape index (κ3) is 7.23. The van der Waals surface area contributed by atoms with E-state index >= 15 is 0 Å². The highest BCUT2D eigenvalue weighted by Crippen LogP contribution is 2.25. The van der Waals surface area contributed by atoms with Crippen molar-refractivity contribution in [2.24, 2.45) is 0 Å². The Hall–Kier alpha value is -3.56. The van der Waals surface area contributed by atoms with Gasteiger partial charge in [-0.05, 0) is 40.6 Å². The lowest BCUT2D eigenvalue weighted by atomic mass is 10.1. The van der Waals surface area contributed by atoms with Crippen LogP contribution in [0.5, 0.6) is 5.75 Å². The monoisotopic (exact) mass is 481 g/mol. The smallest absolute Gasteiger partial charge is 0.255 e. The molecule has 1 atom stereocenters. The van der Waals surface area contributed by atoms with Gasteiger partial charge in [-0.3, -0.25) is 19.6 Å². The van der Waals surface area contributed by atoms with E-state index in [4.69, 9.17) is 5.21 Å². The Balaban J connectivity index is 1.67. The molecule has 0 radical (unpaired) electrons. The van der Waals surface area contributed by atoms with E-state index in [0.29, 0.717) is 18.7 Å². The van der Waals surface area contributed by atoms with Crippen LogP contribution in [0.4, 0.5) is 0 Å². The average Bonchev–Trinajstić information content (AvgIpc) is 2.86. The lowest BCUT2D eigenvalue weighted by Gasteiger charge is -2.19. The van der Waals surface area contributed by atoms with Crippen LogP contribution in [-0.2, 0) is 16.1 Å². The maximum absolute atomic E-state index is 13.0. The Bertz CT molecular complexity index is 1140. The van der Waals surface area contributed by atoms with Gasteiger partial charge < -0.3 is 15.7 Å². The molecule has 34 heavy (non-hydrogen) atoms. The molecule has 3 aromatic carbocycles. The van der Waals surface area contributed by atoms with E-state index in [0.717, 1.165) is 16.3 Å². The Kier molecular flexibility index (Phi) is 9.30. The number of benzene rings is 3. The largest absolute Gasteiger partial charge is 0.507 e. The fraction of sp³-hybridized carbons (Fsp3) is 0.240. The van der Waals surface area contributed by atoms with Crippen LogP contribution in [0.2, 0.25) is 0 Å². The molecule has 0 aliphatic rings. The van der Waals surface area contributed by atoms with Gasteiger partial charge in [0, 0.05) is 18.7 Å². The molecule has 0 bridgehead atoms. The first-order valence-corrected chi connectivity index (χ1v) is 12.0. The fourth-order valence-corrected chi connectivity index (χ4v) is 4.31. The van der Waals surface area contributed by atoms with Gasteiger partial charge in [0.1, 0.15) is 11.8 Å². The van der Waals surface area contributed by atoms with Crippen molar-refractivity contribution in [2.75, 3.05) is 11.5 Å². The number of nitrogens with one attached hydrogen (secondary N) is 3. The Morgan fingerprint density at radius 3 is 2.32 bits per heavy atom. The Morgan fingerprint density at radius 2 is 1.62 bits per heavy atom. The molecule has 5 N–H and O–H groups in total. The summed E-state index contributed by atoms with van der Waals surface area (Å²) in [5, 5.41) is 26.1. The number of amides is 3. The molecule has 9 heteroatoms. The highest BCUT2D eigenvalue weighted by atomic mass is 32.2. The lowest BCUT2D eigenvalue weighted by Crippen LogP contribution is -2.48. The van der Waals surface area contributed by atoms with Crippen LogP contribution in [0.1, 0.15) is 28.8 Å². The summed E-state index contributed by atoms with van der Waals surface area (Å²) in [4.78, 5) is 37.0. The van der Waals surface area contributed by atoms with Crippen molar-refractivity contribution in [2.45, 2.75) is 25.4 Å². The third-order valence-electron chi connectivity index (χ3n) is 5.14. The summed E-state index contributed by atoms with van der Waals surface area (Å²) < 4.78 is 0. The maximum atomic E-state index is 13.0. The highest BCUT2D eigenvalue weighted by molar-refractivity contribution is 7.99. The zero-order chi connectivity index (χ0) is 24.3. The van der Waals surface area contributed by atoms with Gasteiger partial charge >= 0.3 is 0 Å². The molecule has 0 heterocycles. The van der Waals surface area contributed by atoms with Crippen molar-refractivity contribution in [3.8, 4) is 5.75 Å². The van der Waals surface area contributed by atoms with Crippen LogP contribution in [0.15, 0.2) is 66.7 Å². The SMILES string of the molecule is O=C(CCCSC[C@H](NC(=O)c1cc2ccccc2cc1O)C(=O)NCc1ccccc1)NO. The lowest BCUT2D eigenvalue weighted by molar-refractivity contribution is -0.129. The fourth-order valence-electron chi connectivity index (χ4n) is 3.33. The van der Waals surface area contributed by atoms with Crippen molar-refractivity contribution in [1.29, 1.82) is 0 Å². The number of phenols is 1. The maximum Gasteiger partial charge on any atom is 0.255 e. The summed E-state index contributed by atoms with van der Waals surface area (Å²) in [5.74, 6) is -0.698. The molecule has 0 saturated heterocycles. The molecule has 0 aliphatic carbocycles. The summed E-state index contributed by atoms with van der Waals surface area (Å²) in [7, 11) is 0. The van der Waals surface area contributed by atoms with Crippen LogP contribution < -0.4 is 16.1 Å². The number of hydrogen-bond acceptors (Lipinski definition) is 6. The number of phenolic OH excluding ortho intramolecular Hbond substituents is 1. The van der Waals surface area contributed by atoms with Gasteiger partial charge in [0.15, 0.2) is 0 Å². The molecule has 178 valence electrons. The van der Waals surface area contributed by atoms with Gasteiger partial charge in [0.05, 0.1) is 5.56 Å². The number of hydrogen-bond donors (Lipinski definition) is 5. The normalized spacial score (nSPS) is 11.6. The third-order valence-corrected chi connectivity index (χ3v) is 6.29. The number of thioether (sulfide) groups is 1. The molecule has 0 spiro atoms. The molecular weight excluding hydrogens is 454 g/mol. The summed E-state index contributed by atoms with van der Waals surface area (Å²) in [5.41, 5.74) is 2.60. The topological polar surface area (TPSA) is 128 Å². The van der Waals surface area contributed by atoms with Gasteiger partial charge in [-0.15, -0.1) is 0 Å². The van der Waals surface area contributed by atoms with E-state index in [-0.39, 0.29) is 29.4 Å². The predicted octanol–water partition coefficient (Wildman–Crippen LogP) is 2.98. The molecule has 3 amide bonds. The van der Waals surface area contributed by atoms with Gasteiger partial charge in [-0.2, -0.15) is 11.8 Å². The van der Waals surface area contributed by atoms with E-state index in [2.05, 4.69) is 10.6 Å². The first kappa shape index (κ1) is 25.1. The van der Waals surface area contributed by atoms with E-state index in [9.17, 15) is 19.5 Å². The Morgan fingerprint density at radius 1 is 0.941 bits per heavy atom. The quantitative estimate of drug-likeness (QED) is 0.163. The molecule has 0 aromatic heterocycles. The minimum Gasteiger partial charge on any atom is -0.507 e. The van der Waals surface area contributed by atoms with Gasteiger partial charge in [-0.1, -0.05) is 54.6 Å². The van der Waals surface area contributed by atoms with Crippen molar-refractivity contribution in [3.05, 3.63) is 77.9 Å². The van der Waals surface area contributed by atoms with Crippen LogP contribution in [0.3, 0.4) is 0 Å². The van der Waals surface area contributed by atoms with Crippen LogP contribution in [0.25, 0.3) is 10.8 Å². The minimum absolute atomic E-state index is 0.0872. The van der Waals surface area contributed by atoms with Crippen LogP contribution in [0, 0.1) is 0 Å². The molecule has 8 nitrogen and oxygen atoms in total. The number of carbonyl (C=O) groups is 3. The van der Waals surface area contributed by atoms with Crippen molar-refractivity contribution < 1.29 is 24.7 Å². The number of rotatable bonds is 11. The summed E-state index contributed by atoms with van der Waals surface area (Å²) in [6, 6.07) is 19.1. The molecule has 3 aromatic rings. The molecule has 0 aliphatic heterocycles. The molecule has 0 fully saturated rings. The second kappa shape index (κ2) is 12.6. The average molecular weight is 482 g/mol. The van der Waals surface area contributed by atoms with Crippen LogP contribution >= 0.6 is 11.8 Å². The first-order chi connectivity index (χ1) is 16.5. The van der Waals surface area contributed by atoms with Gasteiger partial charge in [0.25, 0.3) is 5.91 Å². The summed E-state index contributed by atoms with van der Waals surface area (Å²) in [6.07, 6.45) is 0.667.